The number of hydrogen-bond donors (Lipinski definition) is 1. The first-order valence-corrected chi connectivity index (χ1v) is 7.83. The predicted molar refractivity (Wildman–Crippen MR) is 83.5 cm³/mol. The molecule has 1 aliphatic carbocycles. The lowest BCUT2D eigenvalue weighted by Gasteiger charge is -2.37. The Hall–Kier alpha value is -0.540. The van der Waals surface area contributed by atoms with Crippen LogP contribution >= 0.6 is 27.5 Å². The van der Waals surface area contributed by atoms with Crippen molar-refractivity contribution in [3.63, 3.8) is 0 Å². The normalized spacial score (nSPS) is 22.0. The van der Waals surface area contributed by atoms with E-state index in [2.05, 4.69) is 35.1 Å². The van der Waals surface area contributed by atoms with E-state index in [9.17, 15) is 4.79 Å². The van der Waals surface area contributed by atoms with Crippen LogP contribution in [-0.2, 0) is 4.79 Å². The Bertz CT molecular complexity index is 487. The second-order valence-corrected chi connectivity index (χ2v) is 7.17. The van der Waals surface area contributed by atoms with Gasteiger partial charge in [0.15, 0.2) is 0 Å². The maximum Gasteiger partial charge on any atom is 0.228 e. The average Bonchev–Trinajstić information content (AvgIpc) is 2.33. The Morgan fingerprint density at radius 2 is 2.16 bits per heavy atom. The van der Waals surface area contributed by atoms with E-state index in [0.717, 1.165) is 29.4 Å². The van der Waals surface area contributed by atoms with E-state index < -0.39 is 0 Å². The topological polar surface area (TPSA) is 29.1 Å². The molecule has 4 heteroatoms. The van der Waals surface area contributed by atoms with Gasteiger partial charge in [-0.3, -0.25) is 4.79 Å². The monoisotopic (exact) mass is 343 g/mol. The van der Waals surface area contributed by atoms with E-state index in [1.165, 1.54) is 6.42 Å². The van der Waals surface area contributed by atoms with Crippen molar-refractivity contribution in [1.82, 2.24) is 0 Å². The molecule has 1 unspecified atom stereocenters. The zero-order valence-corrected chi connectivity index (χ0v) is 13.6. The highest BCUT2D eigenvalue weighted by molar-refractivity contribution is 9.10. The largest absolute Gasteiger partial charge is 0.326 e. The van der Waals surface area contributed by atoms with Crippen molar-refractivity contribution < 1.29 is 4.79 Å². The molecule has 0 heterocycles. The van der Waals surface area contributed by atoms with Gasteiger partial charge in [0.1, 0.15) is 0 Å². The number of nitrogens with one attached hydrogen (secondary N) is 1. The smallest absolute Gasteiger partial charge is 0.228 e. The summed E-state index contributed by atoms with van der Waals surface area (Å²) < 4.78 is 0.838. The minimum Gasteiger partial charge on any atom is -0.326 e. The Kier molecular flexibility index (Phi) is 4.57. The zero-order chi connectivity index (χ0) is 14.0. The number of carbonyl (C=O) groups is 1. The number of anilines is 1. The van der Waals surface area contributed by atoms with Gasteiger partial charge in [-0.15, -0.1) is 0 Å². The quantitative estimate of drug-likeness (QED) is 0.779. The summed E-state index contributed by atoms with van der Waals surface area (Å²) in [6.45, 7) is 4.37. The molecule has 0 spiro atoms. The molecule has 0 radical (unpaired) electrons. The molecular weight excluding hydrogens is 326 g/mol. The van der Waals surface area contributed by atoms with Crippen molar-refractivity contribution in [2.75, 3.05) is 5.32 Å². The summed E-state index contributed by atoms with van der Waals surface area (Å²) in [7, 11) is 0. The summed E-state index contributed by atoms with van der Waals surface area (Å²) in [6, 6.07) is 5.49. The van der Waals surface area contributed by atoms with Gasteiger partial charge in [0.25, 0.3) is 0 Å². The molecule has 0 aromatic heterocycles. The second-order valence-electron chi connectivity index (χ2n) is 5.91. The van der Waals surface area contributed by atoms with Gasteiger partial charge in [-0.25, -0.2) is 0 Å². The van der Waals surface area contributed by atoms with Crippen LogP contribution in [0, 0.1) is 11.3 Å². The van der Waals surface area contributed by atoms with Crippen molar-refractivity contribution in [3.05, 3.63) is 27.7 Å². The molecule has 19 heavy (non-hydrogen) atoms. The molecule has 1 aromatic carbocycles. The van der Waals surface area contributed by atoms with E-state index in [1.807, 2.05) is 12.1 Å². The molecule has 1 saturated carbocycles. The van der Waals surface area contributed by atoms with E-state index in [-0.39, 0.29) is 17.2 Å². The van der Waals surface area contributed by atoms with Crippen LogP contribution in [0.25, 0.3) is 0 Å². The SMILES string of the molecule is CC1(C)CCCCC1C(=O)Nc1ccc(Br)c(Cl)c1. The number of halogens is 2. The summed E-state index contributed by atoms with van der Waals surface area (Å²) in [5.41, 5.74) is 0.848. The summed E-state index contributed by atoms with van der Waals surface area (Å²) in [6.07, 6.45) is 4.46. The third kappa shape index (κ3) is 3.51. The van der Waals surface area contributed by atoms with Gasteiger partial charge in [0, 0.05) is 16.1 Å². The van der Waals surface area contributed by atoms with Crippen LogP contribution in [0.2, 0.25) is 5.02 Å². The fraction of sp³-hybridized carbons (Fsp3) is 0.533. The summed E-state index contributed by atoms with van der Waals surface area (Å²) >= 11 is 9.39. The number of carbonyl (C=O) groups excluding carboxylic acids is 1. The zero-order valence-electron chi connectivity index (χ0n) is 11.3. The summed E-state index contributed by atoms with van der Waals surface area (Å²) in [5, 5.41) is 3.60. The van der Waals surface area contributed by atoms with Crippen LogP contribution < -0.4 is 5.32 Å². The lowest BCUT2D eigenvalue weighted by Crippen LogP contribution is -2.37. The number of rotatable bonds is 2. The molecule has 1 aliphatic rings. The summed E-state index contributed by atoms with van der Waals surface area (Å²) in [4.78, 5) is 12.4. The first kappa shape index (κ1) is 14.9. The summed E-state index contributed by atoms with van der Waals surface area (Å²) in [5.74, 6) is 0.201. The number of hydrogen-bond acceptors (Lipinski definition) is 1. The van der Waals surface area contributed by atoms with Gasteiger partial charge >= 0.3 is 0 Å². The Balaban J connectivity index is 2.09. The Morgan fingerprint density at radius 3 is 2.79 bits per heavy atom. The molecule has 0 bridgehead atoms. The highest BCUT2D eigenvalue weighted by atomic mass is 79.9. The van der Waals surface area contributed by atoms with Crippen LogP contribution in [-0.4, -0.2) is 5.91 Å². The number of amides is 1. The Morgan fingerprint density at radius 1 is 1.42 bits per heavy atom. The lowest BCUT2D eigenvalue weighted by molar-refractivity contribution is -0.124. The van der Waals surface area contributed by atoms with Crippen LogP contribution in [0.1, 0.15) is 39.5 Å². The lowest BCUT2D eigenvalue weighted by atomic mass is 9.68. The van der Waals surface area contributed by atoms with E-state index in [0.29, 0.717) is 5.02 Å². The Labute approximate surface area is 128 Å². The molecule has 1 amide bonds. The predicted octanol–water partition coefficient (Wildman–Crippen LogP) is 5.26. The standard InChI is InChI=1S/C15H19BrClNO/c1-15(2)8-4-3-5-11(15)14(19)18-10-6-7-12(16)13(17)9-10/h6-7,9,11H,3-5,8H2,1-2H3,(H,18,19). The van der Waals surface area contributed by atoms with Crippen LogP contribution in [0.3, 0.4) is 0 Å². The van der Waals surface area contributed by atoms with Crippen molar-refractivity contribution >= 4 is 39.1 Å². The van der Waals surface area contributed by atoms with Crippen LogP contribution in [0.4, 0.5) is 5.69 Å². The highest BCUT2D eigenvalue weighted by Gasteiger charge is 2.37. The fourth-order valence-corrected chi connectivity index (χ4v) is 3.21. The fourth-order valence-electron chi connectivity index (χ4n) is 2.78. The van der Waals surface area contributed by atoms with E-state index in [4.69, 9.17) is 11.6 Å². The molecule has 1 fully saturated rings. The van der Waals surface area contributed by atoms with E-state index >= 15 is 0 Å². The third-order valence-corrected chi connectivity index (χ3v) is 5.24. The second kappa shape index (κ2) is 5.84. The molecule has 1 N–H and O–H groups in total. The minimum absolute atomic E-state index is 0.0848. The molecule has 0 aliphatic heterocycles. The first-order valence-electron chi connectivity index (χ1n) is 6.66. The van der Waals surface area contributed by atoms with Gasteiger partial charge in [0.05, 0.1) is 5.02 Å². The third-order valence-electron chi connectivity index (χ3n) is 4.01. The van der Waals surface area contributed by atoms with Crippen molar-refractivity contribution in [2.24, 2.45) is 11.3 Å². The van der Waals surface area contributed by atoms with Gasteiger partial charge in [-0.1, -0.05) is 38.3 Å². The number of benzene rings is 1. The van der Waals surface area contributed by atoms with Gasteiger partial charge < -0.3 is 5.32 Å². The van der Waals surface area contributed by atoms with Crippen molar-refractivity contribution in [3.8, 4) is 0 Å². The molecule has 1 atom stereocenters. The molecule has 0 saturated heterocycles. The van der Waals surface area contributed by atoms with Gasteiger partial charge in [-0.2, -0.15) is 0 Å². The first-order chi connectivity index (χ1) is 8.90. The van der Waals surface area contributed by atoms with Crippen LogP contribution in [0.5, 0.6) is 0 Å². The molecular formula is C15H19BrClNO. The molecule has 1 aromatic rings. The van der Waals surface area contributed by atoms with Gasteiger partial charge in [-0.05, 0) is 52.4 Å². The molecule has 2 rings (SSSR count). The maximum atomic E-state index is 12.4. The minimum atomic E-state index is 0.0848. The van der Waals surface area contributed by atoms with E-state index in [1.54, 1.807) is 6.07 Å². The maximum absolute atomic E-state index is 12.4. The van der Waals surface area contributed by atoms with Crippen molar-refractivity contribution in [1.29, 1.82) is 0 Å². The molecule has 2 nitrogen and oxygen atoms in total. The van der Waals surface area contributed by atoms with Gasteiger partial charge in [0.2, 0.25) is 5.91 Å². The van der Waals surface area contributed by atoms with Crippen LogP contribution in [0.15, 0.2) is 22.7 Å². The highest BCUT2D eigenvalue weighted by Crippen LogP contribution is 2.41. The molecule has 104 valence electrons. The average molecular weight is 345 g/mol. The van der Waals surface area contributed by atoms with Crippen molar-refractivity contribution in [2.45, 2.75) is 39.5 Å².